The highest BCUT2D eigenvalue weighted by Gasteiger charge is 2.26. The fourth-order valence-corrected chi connectivity index (χ4v) is 4.05. The Bertz CT molecular complexity index is 959. The molecule has 3 rings (SSSR count). The molecule has 0 fully saturated rings. The maximum atomic E-state index is 11.3. The van der Waals surface area contributed by atoms with Gasteiger partial charge in [0.15, 0.2) is 5.16 Å². The molecule has 0 radical (unpaired) electrons. The molecule has 0 saturated carbocycles. The van der Waals surface area contributed by atoms with Crippen LogP contribution in [-0.4, -0.2) is 40.5 Å². The Hall–Kier alpha value is -3.07. The fourth-order valence-electron chi connectivity index (χ4n) is 2.84. The highest BCUT2D eigenvalue weighted by molar-refractivity contribution is 7.99. The van der Waals surface area contributed by atoms with Crippen molar-refractivity contribution >= 4 is 11.8 Å². The van der Waals surface area contributed by atoms with Crippen molar-refractivity contribution in [2.45, 2.75) is 17.3 Å². The Labute approximate surface area is 166 Å². The van der Waals surface area contributed by atoms with E-state index in [4.69, 9.17) is 9.47 Å². The summed E-state index contributed by atoms with van der Waals surface area (Å²) in [6.07, 6.45) is 0. The van der Waals surface area contributed by atoms with E-state index in [1.165, 1.54) is 11.8 Å². The van der Waals surface area contributed by atoms with E-state index < -0.39 is 5.25 Å². The van der Waals surface area contributed by atoms with E-state index in [2.05, 4.69) is 10.2 Å². The zero-order valence-electron chi connectivity index (χ0n) is 15.7. The van der Waals surface area contributed by atoms with E-state index in [0.717, 1.165) is 17.0 Å². The minimum Gasteiger partial charge on any atom is -0.497 e. The van der Waals surface area contributed by atoms with Crippen LogP contribution >= 0.6 is 11.8 Å². The third-order valence-corrected chi connectivity index (χ3v) is 5.34. The number of ether oxygens (including phenoxy) is 2. The quantitative estimate of drug-likeness (QED) is 0.323. The molecule has 1 heterocycles. The minimum absolute atomic E-state index is 0.264. The zero-order valence-corrected chi connectivity index (χ0v) is 16.5. The average Bonchev–Trinajstić information content (AvgIpc) is 3.07. The molecule has 0 unspecified atom stereocenters. The Morgan fingerprint density at radius 2 is 1.82 bits per heavy atom. The van der Waals surface area contributed by atoms with Gasteiger partial charge >= 0.3 is 0 Å². The molecule has 9 heteroatoms. The monoisotopic (exact) mass is 400 g/mol. The van der Waals surface area contributed by atoms with Gasteiger partial charge in [0.05, 0.1) is 14.2 Å². The summed E-state index contributed by atoms with van der Waals surface area (Å²) in [5.41, 5.74) is 1.60. The van der Waals surface area contributed by atoms with Crippen LogP contribution in [0.15, 0.2) is 53.7 Å². The molecule has 0 amide bonds. The molecule has 146 valence electrons. The second-order valence-corrected chi connectivity index (χ2v) is 7.10. The summed E-state index contributed by atoms with van der Waals surface area (Å²) >= 11 is 1.29. The second kappa shape index (κ2) is 8.75. The average molecular weight is 400 g/mol. The summed E-state index contributed by atoms with van der Waals surface area (Å²) < 4.78 is 12.5. The van der Waals surface area contributed by atoms with Gasteiger partial charge in [-0.2, -0.15) is 0 Å². The van der Waals surface area contributed by atoms with Crippen molar-refractivity contribution in [2.24, 2.45) is 0 Å². The largest absolute Gasteiger partial charge is 0.497 e. The molecule has 0 aliphatic carbocycles. The molecule has 28 heavy (non-hydrogen) atoms. The SMILES string of the molecule is COc1ccc(-n2c(C)nnc2S[C@H](C[N+](=O)[O-])c2ccccc2OC)cc1. The first-order chi connectivity index (χ1) is 13.5. The van der Waals surface area contributed by atoms with Crippen molar-refractivity contribution in [1.29, 1.82) is 0 Å². The Morgan fingerprint density at radius 1 is 1.11 bits per heavy atom. The van der Waals surface area contributed by atoms with Crippen molar-refractivity contribution in [2.75, 3.05) is 20.8 Å². The van der Waals surface area contributed by atoms with Gasteiger partial charge in [0, 0.05) is 16.2 Å². The van der Waals surface area contributed by atoms with Gasteiger partial charge in [-0.25, -0.2) is 0 Å². The van der Waals surface area contributed by atoms with Gasteiger partial charge in [-0.05, 0) is 37.3 Å². The first-order valence-electron chi connectivity index (χ1n) is 8.51. The highest BCUT2D eigenvalue weighted by Crippen LogP contribution is 2.39. The number of hydrogen-bond donors (Lipinski definition) is 0. The van der Waals surface area contributed by atoms with E-state index in [-0.39, 0.29) is 11.5 Å². The van der Waals surface area contributed by atoms with Crippen LogP contribution in [0.4, 0.5) is 0 Å². The van der Waals surface area contributed by atoms with Crippen molar-refractivity contribution in [3.05, 3.63) is 70.0 Å². The van der Waals surface area contributed by atoms with E-state index in [1.807, 2.05) is 54.0 Å². The minimum atomic E-state index is -0.480. The number of aromatic nitrogens is 3. The number of nitro groups is 1. The topological polar surface area (TPSA) is 92.3 Å². The number of benzene rings is 2. The maximum absolute atomic E-state index is 11.3. The van der Waals surface area contributed by atoms with Gasteiger partial charge in [0.2, 0.25) is 6.54 Å². The summed E-state index contributed by atoms with van der Waals surface area (Å²) in [7, 11) is 3.16. The molecule has 8 nitrogen and oxygen atoms in total. The Balaban J connectivity index is 1.98. The first kappa shape index (κ1) is 19.7. The van der Waals surface area contributed by atoms with Crippen molar-refractivity contribution < 1.29 is 14.4 Å². The lowest BCUT2D eigenvalue weighted by atomic mass is 10.1. The zero-order chi connectivity index (χ0) is 20.1. The number of rotatable bonds is 8. The molecule has 0 N–H and O–H groups in total. The molecule has 0 saturated heterocycles. The maximum Gasteiger partial charge on any atom is 0.220 e. The molecule has 0 aliphatic heterocycles. The van der Waals surface area contributed by atoms with Crippen LogP contribution < -0.4 is 9.47 Å². The third kappa shape index (κ3) is 4.25. The number of para-hydroxylation sites is 1. The molecule has 3 aromatic rings. The van der Waals surface area contributed by atoms with Crippen molar-refractivity contribution in [3.8, 4) is 17.2 Å². The fraction of sp³-hybridized carbons (Fsp3) is 0.263. The molecule has 0 spiro atoms. The van der Waals surface area contributed by atoms with Crippen molar-refractivity contribution in [1.82, 2.24) is 14.8 Å². The summed E-state index contributed by atoms with van der Waals surface area (Å²) in [6.45, 7) is 1.58. The van der Waals surface area contributed by atoms with E-state index in [1.54, 1.807) is 20.3 Å². The normalized spacial score (nSPS) is 11.8. The lowest BCUT2D eigenvalue weighted by Gasteiger charge is -2.16. The van der Waals surface area contributed by atoms with Crippen LogP contribution in [0.2, 0.25) is 0 Å². The number of methoxy groups -OCH3 is 2. The van der Waals surface area contributed by atoms with Crippen LogP contribution in [0, 0.1) is 17.0 Å². The summed E-state index contributed by atoms with van der Waals surface area (Å²) in [6, 6.07) is 14.8. The summed E-state index contributed by atoms with van der Waals surface area (Å²) in [5.74, 6) is 2.03. The third-order valence-electron chi connectivity index (χ3n) is 4.17. The molecule has 2 aromatic carbocycles. The van der Waals surface area contributed by atoms with Crippen LogP contribution in [0.25, 0.3) is 5.69 Å². The molecular formula is C19H20N4O4S. The molecule has 1 aromatic heterocycles. The summed E-state index contributed by atoms with van der Waals surface area (Å²) in [4.78, 5) is 11.0. The molecule has 0 bridgehead atoms. The van der Waals surface area contributed by atoms with Gasteiger partial charge in [0.25, 0.3) is 0 Å². The summed E-state index contributed by atoms with van der Waals surface area (Å²) in [5, 5.41) is 19.8. The predicted octanol–water partition coefficient (Wildman–Crippen LogP) is 3.70. The van der Waals surface area contributed by atoms with Crippen molar-refractivity contribution in [3.63, 3.8) is 0 Å². The lowest BCUT2D eigenvalue weighted by Crippen LogP contribution is -2.12. The van der Waals surface area contributed by atoms with Crippen LogP contribution in [-0.2, 0) is 0 Å². The van der Waals surface area contributed by atoms with E-state index in [9.17, 15) is 10.1 Å². The van der Waals surface area contributed by atoms with Gasteiger partial charge in [-0.15, -0.1) is 10.2 Å². The molecule has 1 atom stereocenters. The van der Waals surface area contributed by atoms with Gasteiger partial charge in [-0.3, -0.25) is 14.7 Å². The van der Waals surface area contributed by atoms with Gasteiger partial charge < -0.3 is 9.47 Å². The van der Waals surface area contributed by atoms with Crippen LogP contribution in [0.3, 0.4) is 0 Å². The van der Waals surface area contributed by atoms with Crippen LogP contribution in [0.5, 0.6) is 11.5 Å². The Morgan fingerprint density at radius 3 is 2.46 bits per heavy atom. The molecular weight excluding hydrogens is 380 g/mol. The number of thioether (sulfide) groups is 1. The smallest absolute Gasteiger partial charge is 0.220 e. The second-order valence-electron chi connectivity index (χ2n) is 5.93. The number of nitrogens with zero attached hydrogens (tertiary/aromatic N) is 4. The predicted molar refractivity (Wildman–Crippen MR) is 106 cm³/mol. The molecule has 0 aliphatic rings. The Kier molecular flexibility index (Phi) is 6.15. The highest BCUT2D eigenvalue weighted by atomic mass is 32.2. The van der Waals surface area contributed by atoms with E-state index in [0.29, 0.717) is 16.7 Å². The number of hydrogen-bond acceptors (Lipinski definition) is 7. The van der Waals surface area contributed by atoms with Gasteiger partial charge in [0.1, 0.15) is 22.6 Å². The number of aryl methyl sites for hydroxylation is 1. The first-order valence-corrected chi connectivity index (χ1v) is 9.39. The van der Waals surface area contributed by atoms with Gasteiger partial charge in [-0.1, -0.05) is 30.0 Å². The standard InChI is InChI=1S/C19H20N4O4S/c1-13-20-21-19(23(13)14-8-10-15(26-2)11-9-14)28-18(12-22(24)25)16-6-4-5-7-17(16)27-3/h4-11,18H,12H2,1-3H3/t18-/m1/s1. The lowest BCUT2D eigenvalue weighted by molar-refractivity contribution is -0.479. The van der Waals surface area contributed by atoms with Crippen LogP contribution in [0.1, 0.15) is 16.6 Å². The van der Waals surface area contributed by atoms with E-state index >= 15 is 0 Å².